The smallest absolute Gasteiger partial charge is 0.287 e. The summed E-state index contributed by atoms with van der Waals surface area (Å²) < 4.78 is 7.94. The van der Waals surface area contributed by atoms with E-state index in [1.54, 1.807) is 11.3 Å². The lowest BCUT2D eigenvalue weighted by Gasteiger charge is -2.09. The van der Waals surface area contributed by atoms with E-state index in [-0.39, 0.29) is 5.91 Å². The van der Waals surface area contributed by atoms with Crippen molar-refractivity contribution in [1.29, 1.82) is 0 Å². The highest BCUT2D eigenvalue weighted by Gasteiger charge is 2.29. The molecular formula is C23H20ClN3O2S. The molecule has 0 unspecified atom stereocenters. The van der Waals surface area contributed by atoms with Gasteiger partial charge in [0.2, 0.25) is 0 Å². The predicted octanol–water partition coefficient (Wildman–Crippen LogP) is 5.24. The van der Waals surface area contributed by atoms with E-state index in [1.807, 2.05) is 53.4 Å². The highest BCUT2D eigenvalue weighted by Crippen LogP contribution is 2.38. The molecule has 0 saturated carbocycles. The van der Waals surface area contributed by atoms with E-state index in [9.17, 15) is 4.79 Å². The summed E-state index contributed by atoms with van der Waals surface area (Å²) in [6.45, 7) is 3.11. The van der Waals surface area contributed by atoms with Gasteiger partial charge in [0.25, 0.3) is 5.91 Å². The minimum absolute atomic E-state index is 0.183. The van der Waals surface area contributed by atoms with Crippen LogP contribution in [0, 0.1) is 6.92 Å². The van der Waals surface area contributed by atoms with Crippen molar-refractivity contribution in [3.63, 3.8) is 0 Å². The Morgan fingerprint density at radius 1 is 1.27 bits per heavy atom. The molecule has 5 rings (SSSR count). The first-order chi connectivity index (χ1) is 14.6. The molecule has 0 radical (unpaired) electrons. The molecule has 5 nitrogen and oxygen atoms in total. The SMILES string of the molecule is Cc1c(C(=O)NCc2cccs2)oc2c1-c1nn(Cc3ccc(Cl)cc3)cc1CC2. The maximum absolute atomic E-state index is 12.7. The molecule has 7 heteroatoms. The number of amides is 1. The molecule has 1 amide bonds. The standard InChI is InChI=1S/C23H20ClN3O2S/c1-14-20-19(29-22(14)23(28)25-11-18-3-2-10-30-18)9-6-16-13-27(26-21(16)20)12-15-4-7-17(24)8-5-15/h2-5,7-8,10,13H,6,9,11-12H2,1H3,(H,25,28). The van der Waals surface area contributed by atoms with Crippen molar-refractivity contribution >= 4 is 28.8 Å². The number of nitrogens with one attached hydrogen (secondary N) is 1. The van der Waals surface area contributed by atoms with E-state index < -0.39 is 0 Å². The van der Waals surface area contributed by atoms with Crippen molar-refractivity contribution in [2.24, 2.45) is 0 Å². The molecule has 4 aromatic rings. The molecule has 0 saturated heterocycles. The second-order valence-corrected chi connectivity index (χ2v) is 8.91. The average Bonchev–Trinajstić information content (AvgIpc) is 3.46. The number of aryl methyl sites for hydroxylation is 2. The second kappa shape index (κ2) is 7.78. The summed E-state index contributed by atoms with van der Waals surface area (Å²) in [6.07, 6.45) is 3.72. The predicted molar refractivity (Wildman–Crippen MR) is 118 cm³/mol. The first kappa shape index (κ1) is 19.2. The molecule has 0 spiro atoms. The summed E-state index contributed by atoms with van der Waals surface area (Å²) in [5.41, 5.74) is 5.06. The number of nitrogens with zero attached hydrogens (tertiary/aromatic N) is 2. The number of carbonyl (C=O) groups excluding carboxylic acids is 1. The molecule has 1 N–H and O–H groups in total. The Hall–Kier alpha value is -2.83. The van der Waals surface area contributed by atoms with Gasteiger partial charge in [-0.15, -0.1) is 11.3 Å². The van der Waals surface area contributed by atoms with Crippen LogP contribution >= 0.6 is 22.9 Å². The minimum Gasteiger partial charge on any atom is -0.455 e. The molecule has 3 aromatic heterocycles. The lowest BCUT2D eigenvalue weighted by Crippen LogP contribution is -2.22. The van der Waals surface area contributed by atoms with Crippen LogP contribution < -0.4 is 5.32 Å². The third-order valence-electron chi connectivity index (χ3n) is 5.38. The number of aromatic nitrogens is 2. The summed E-state index contributed by atoms with van der Waals surface area (Å²) in [6, 6.07) is 11.8. The van der Waals surface area contributed by atoms with Crippen molar-refractivity contribution in [3.05, 3.63) is 86.1 Å². The Morgan fingerprint density at radius 3 is 2.87 bits per heavy atom. The van der Waals surface area contributed by atoms with Crippen LogP contribution in [0.25, 0.3) is 11.3 Å². The maximum atomic E-state index is 12.7. The monoisotopic (exact) mass is 437 g/mol. The molecule has 1 aromatic carbocycles. The van der Waals surface area contributed by atoms with Crippen molar-refractivity contribution in [1.82, 2.24) is 15.1 Å². The Morgan fingerprint density at radius 2 is 2.10 bits per heavy atom. The molecule has 30 heavy (non-hydrogen) atoms. The third kappa shape index (κ3) is 3.57. The molecule has 3 heterocycles. The van der Waals surface area contributed by atoms with E-state index in [0.29, 0.717) is 18.8 Å². The molecule has 1 aliphatic rings. The van der Waals surface area contributed by atoms with Crippen molar-refractivity contribution in [2.45, 2.75) is 32.9 Å². The quantitative estimate of drug-likeness (QED) is 0.464. The van der Waals surface area contributed by atoms with E-state index in [2.05, 4.69) is 11.5 Å². The molecule has 152 valence electrons. The molecule has 0 atom stereocenters. The molecule has 0 bridgehead atoms. The Bertz CT molecular complexity index is 1210. The number of halogens is 1. The first-order valence-corrected chi connectivity index (χ1v) is 11.1. The minimum atomic E-state index is -0.183. The van der Waals surface area contributed by atoms with E-state index in [1.165, 1.54) is 5.56 Å². The normalized spacial score (nSPS) is 12.5. The van der Waals surface area contributed by atoms with Gasteiger partial charge in [-0.1, -0.05) is 29.8 Å². The molecule has 0 fully saturated rings. The van der Waals surface area contributed by atoms with Gasteiger partial charge < -0.3 is 9.73 Å². The van der Waals surface area contributed by atoms with Gasteiger partial charge in [-0.3, -0.25) is 9.48 Å². The number of benzene rings is 1. The van der Waals surface area contributed by atoms with Crippen LogP contribution in [-0.4, -0.2) is 15.7 Å². The topological polar surface area (TPSA) is 60.1 Å². The van der Waals surface area contributed by atoms with Gasteiger partial charge in [-0.25, -0.2) is 0 Å². The van der Waals surface area contributed by atoms with Gasteiger partial charge in [0, 0.05) is 33.6 Å². The number of rotatable bonds is 5. The third-order valence-corrected chi connectivity index (χ3v) is 6.51. The summed E-state index contributed by atoms with van der Waals surface area (Å²) in [5.74, 6) is 1.05. The fourth-order valence-corrected chi connectivity index (χ4v) is 4.67. The van der Waals surface area contributed by atoms with Gasteiger partial charge in [0.1, 0.15) is 5.76 Å². The van der Waals surface area contributed by atoms with Gasteiger partial charge in [-0.05, 0) is 48.1 Å². The number of hydrogen-bond acceptors (Lipinski definition) is 4. The van der Waals surface area contributed by atoms with Gasteiger partial charge in [0.15, 0.2) is 5.76 Å². The van der Waals surface area contributed by atoms with Crippen LogP contribution in [0.15, 0.2) is 52.4 Å². The largest absolute Gasteiger partial charge is 0.455 e. The lowest BCUT2D eigenvalue weighted by atomic mass is 9.93. The zero-order chi connectivity index (χ0) is 20.7. The second-order valence-electron chi connectivity index (χ2n) is 7.44. The maximum Gasteiger partial charge on any atom is 0.287 e. The van der Waals surface area contributed by atoms with Crippen LogP contribution in [0.4, 0.5) is 0 Å². The number of hydrogen-bond donors (Lipinski definition) is 1. The van der Waals surface area contributed by atoms with E-state index >= 15 is 0 Å². The summed E-state index contributed by atoms with van der Waals surface area (Å²) in [5, 5.41) is 10.5. The molecule has 0 aliphatic heterocycles. The highest BCUT2D eigenvalue weighted by molar-refractivity contribution is 7.09. The van der Waals surface area contributed by atoms with Crippen LogP contribution in [0.5, 0.6) is 0 Å². The van der Waals surface area contributed by atoms with Crippen LogP contribution in [-0.2, 0) is 25.9 Å². The lowest BCUT2D eigenvalue weighted by molar-refractivity contribution is 0.0921. The Balaban J connectivity index is 1.40. The Kier molecular flexibility index (Phi) is 4.97. The zero-order valence-corrected chi connectivity index (χ0v) is 18.0. The van der Waals surface area contributed by atoms with Crippen molar-refractivity contribution < 1.29 is 9.21 Å². The summed E-state index contributed by atoms with van der Waals surface area (Å²) in [4.78, 5) is 13.8. The number of fused-ring (bicyclic) bond motifs is 3. The Labute approximate surface area is 183 Å². The van der Waals surface area contributed by atoms with Crippen LogP contribution in [0.2, 0.25) is 5.02 Å². The van der Waals surface area contributed by atoms with Gasteiger partial charge >= 0.3 is 0 Å². The zero-order valence-electron chi connectivity index (χ0n) is 16.4. The first-order valence-electron chi connectivity index (χ1n) is 9.82. The average molecular weight is 438 g/mol. The summed E-state index contributed by atoms with van der Waals surface area (Å²) >= 11 is 7.61. The van der Waals surface area contributed by atoms with Crippen LogP contribution in [0.1, 0.15) is 37.9 Å². The fraction of sp³-hybridized carbons (Fsp3) is 0.217. The van der Waals surface area contributed by atoms with Crippen LogP contribution in [0.3, 0.4) is 0 Å². The number of furan rings is 1. The number of carbonyl (C=O) groups is 1. The van der Waals surface area contributed by atoms with E-state index in [0.717, 1.165) is 50.9 Å². The molecule has 1 aliphatic carbocycles. The van der Waals surface area contributed by atoms with Gasteiger partial charge in [-0.2, -0.15) is 5.10 Å². The van der Waals surface area contributed by atoms with E-state index in [4.69, 9.17) is 21.1 Å². The van der Waals surface area contributed by atoms with Crippen molar-refractivity contribution in [2.75, 3.05) is 0 Å². The number of thiophene rings is 1. The summed E-state index contributed by atoms with van der Waals surface area (Å²) in [7, 11) is 0. The van der Waals surface area contributed by atoms with Crippen molar-refractivity contribution in [3.8, 4) is 11.3 Å². The highest BCUT2D eigenvalue weighted by atomic mass is 35.5. The van der Waals surface area contributed by atoms with Gasteiger partial charge in [0.05, 0.1) is 18.8 Å². The molecular weight excluding hydrogens is 418 g/mol. The fourth-order valence-electron chi connectivity index (χ4n) is 3.90.